The first kappa shape index (κ1) is 14.0. The van der Waals surface area contributed by atoms with Gasteiger partial charge in [-0.1, -0.05) is 30.3 Å². The number of Topliss-reactive ketones (excluding diaryl/α,β-unsaturated/α-hetero) is 1. The average molecular weight is 272 g/mol. The summed E-state index contributed by atoms with van der Waals surface area (Å²) in [6, 6.07) is 10.2. The number of benzene rings is 1. The van der Waals surface area contributed by atoms with Gasteiger partial charge in [-0.3, -0.25) is 9.59 Å². The molecule has 0 fully saturated rings. The Morgan fingerprint density at radius 1 is 1.30 bits per heavy atom. The van der Waals surface area contributed by atoms with Gasteiger partial charge in [0.1, 0.15) is 5.69 Å². The number of hydrogen-bond acceptors (Lipinski definition) is 3. The summed E-state index contributed by atoms with van der Waals surface area (Å²) in [4.78, 5) is 26.0. The van der Waals surface area contributed by atoms with E-state index in [1.807, 2.05) is 30.3 Å². The Bertz CT molecular complexity index is 605. The highest BCUT2D eigenvalue weighted by molar-refractivity contribution is 5.99. The molecule has 0 saturated carbocycles. The molecule has 0 radical (unpaired) electrons. The van der Waals surface area contributed by atoms with E-state index in [0.29, 0.717) is 11.3 Å². The minimum atomic E-state index is -0.479. The van der Waals surface area contributed by atoms with E-state index < -0.39 is 6.04 Å². The number of aliphatic hydroxyl groups is 1. The van der Waals surface area contributed by atoms with Crippen molar-refractivity contribution in [2.75, 3.05) is 6.61 Å². The number of nitrogens with one attached hydrogen (secondary N) is 2. The van der Waals surface area contributed by atoms with Gasteiger partial charge in [0, 0.05) is 11.8 Å². The van der Waals surface area contributed by atoms with Gasteiger partial charge in [-0.25, -0.2) is 0 Å². The zero-order chi connectivity index (χ0) is 14.5. The lowest BCUT2D eigenvalue weighted by Crippen LogP contribution is -2.30. The van der Waals surface area contributed by atoms with Crippen LogP contribution in [0.1, 0.15) is 39.4 Å². The first-order chi connectivity index (χ1) is 9.61. The largest absolute Gasteiger partial charge is 0.394 e. The summed E-state index contributed by atoms with van der Waals surface area (Å²) in [7, 11) is 0. The molecule has 2 aromatic rings. The minimum Gasteiger partial charge on any atom is -0.394 e. The first-order valence-corrected chi connectivity index (χ1v) is 6.28. The lowest BCUT2D eigenvalue weighted by molar-refractivity contribution is 0.0911. The smallest absolute Gasteiger partial charge is 0.268 e. The number of carbonyl (C=O) groups excluding carboxylic acids is 2. The van der Waals surface area contributed by atoms with Gasteiger partial charge in [0.05, 0.1) is 12.6 Å². The molecule has 0 saturated heterocycles. The molecule has 20 heavy (non-hydrogen) atoms. The van der Waals surface area contributed by atoms with Crippen molar-refractivity contribution in [2.24, 2.45) is 0 Å². The Morgan fingerprint density at radius 2 is 2.00 bits per heavy atom. The van der Waals surface area contributed by atoms with E-state index in [0.717, 1.165) is 5.56 Å². The summed E-state index contributed by atoms with van der Waals surface area (Å²) in [5.74, 6) is -0.470. The third kappa shape index (κ3) is 3.13. The maximum atomic E-state index is 12.1. The van der Waals surface area contributed by atoms with Gasteiger partial charge in [0.25, 0.3) is 5.91 Å². The van der Waals surface area contributed by atoms with Gasteiger partial charge in [-0.2, -0.15) is 0 Å². The second-order valence-electron chi connectivity index (χ2n) is 4.48. The van der Waals surface area contributed by atoms with E-state index in [1.165, 1.54) is 19.2 Å². The number of carbonyl (C=O) groups is 2. The highest BCUT2D eigenvalue weighted by Crippen LogP contribution is 2.13. The maximum absolute atomic E-state index is 12.1. The monoisotopic (exact) mass is 272 g/mol. The van der Waals surface area contributed by atoms with Crippen LogP contribution >= 0.6 is 0 Å². The van der Waals surface area contributed by atoms with Crippen molar-refractivity contribution in [3.05, 3.63) is 59.4 Å². The lowest BCUT2D eigenvalue weighted by atomic mass is 10.1. The second kappa shape index (κ2) is 6.16. The van der Waals surface area contributed by atoms with Crippen molar-refractivity contribution in [1.82, 2.24) is 10.3 Å². The normalized spacial score (nSPS) is 11.9. The second-order valence-corrected chi connectivity index (χ2v) is 4.48. The predicted octanol–water partition coefficient (Wildman–Crippen LogP) is 1.68. The number of hydrogen-bond donors (Lipinski definition) is 3. The fourth-order valence-electron chi connectivity index (χ4n) is 1.88. The van der Waals surface area contributed by atoms with Gasteiger partial charge in [-0.15, -0.1) is 0 Å². The number of aromatic amines is 1. The van der Waals surface area contributed by atoms with Crippen LogP contribution in [-0.4, -0.2) is 28.4 Å². The Labute approximate surface area is 116 Å². The lowest BCUT2D eigenvalue weighted by Gasteiger charge is -2.16. The number of H-pyrrole nitrogens is 1. The molecule has 5 heteroatoms. The average Bonchev–Trinajstić information content (AvgIpc) is 2.95. The molecule has 1 aromatic heterocycles. The van der Waals surface area contributed by atoms with E-state index in [1.54, 1.807) is 0 Å². The molecule has 1 unspecified atom stereocenters. The number of amides is 1. The molecule has 0 aliphatic heterocycles. The SMILES string of the molecule is CC(=O)c1c[nH]c(C(=O)NC(CO)c2ccccc2)c1. The van der Waals surface area contributed by atoms with Crippen LogP contribution in [0.15, 0.2) is 42.6 Å². The minimum absolute atomic E-state index is 0.109. The zero-order valence-electron chi connectivity index (χ0n) is 11.1. The van der Waals surface area contributed by atoms with E-state index >= 15 is 0 Å². The summed E-state index contributed by atoms with van der Waals surface area (Å²) in [6.07, 6.45) is 1.49. The van der Waals surface area contributed by atoms with Gasteiger partial charge in [0.15, 0.2) is 5.78 Å². The van der Waals surface area contributed by atoms with Crippen LogP contribution in [0.3, 0.4) is 0 Å². The fourth-order valence-corrected chi connectivity index (χ4v) is 1.88. The van der Waals surface area contributed by atoms with Crippen LogP contribution in [0.4, 0.5) is 0 Å². The Hall–Kier alpha value is -2.40. The molecule has 0 aliphatic carbocycles. The predicted molar refractivity (Wildman–Crippen MR) is 74.5 cm³/mol. The van der Waals surface area contributed by atoms with Crippen LogP contribution in [0.2, 0.25) is 0 Å². The first-order valence-electron chi connectivity index (χ1n) is 6.28. The standard InChI is InChI=1S/C15H16N2O3/c1-10(19)12-7-13(16-8-12)15(20)17-14(9-18)11-5-3-2-4-6-11/h2-8,14,16,18H,9H2,1H3,(H,17,20). The fraction of sp³-hybridized carbons (Fsp3) is 0.200. The molecule has 1 aromatic carbocycles. The van der Waals surface area contributed by atoms with Crippen molar-refractivity contribution in [2.45, 2.75) is 13.0 Å². The summed E-state index contributed by atoms with van der Waals surface area (Å²) in [5.41, 5.74) is 1.57. The molecular weight excluding hydrogens is 256 g/mol. The van der Waals surface area contributed by atoms with Crippen molar-refractivity contribution < 1.29 is 14.7 Å². The molecular formula is C15H16N2O3. The molecule has 0 aliphatic rings. The number of rotatable bonds is 5. The topological polar surface area (TPSA) is 82.2 Å². The summed E-state index contributed by atoms with van der Waals surface area (Å²) >= 11 is 0. The molecule has 0 bridgehead atoms. The van der Waals surface area contributed by atoms with Crippen LogP contribution in [-0.2, 0) is 0 Å². The van der Waals surface area contributed by atoms with Crippen LogP contribution < -0.4 is 5.32 Å². The van der Waals surface area contributed by atoms with Crippen molar-refractivity contribution in [3.63, 3.8) is 0 Å². The Balaban J connectivity index is 2.11. The molecule has 104 valence electrons. The summed E-state index contributed by atoms with van der Waals surface area (Å²) in [5, 5.41) is 12.1. The quantitative estimate of drug-likeness (QED) is 0.724. The van der Waals surface area contributed by atoms with E-state index in [4.69, 9.17) is 0 Å². The highest BCUT2D eigenvalue weighted by atomic mass is 16.3. The summed E-state index contributed by atoms with van der Waals surface area (Å²) < 4.78 is 0. The molecule has 3 N–H and O–H groups in total. The van der Waals surface area contributed by atoms with Gasteiger partial charge >= 0.3 is 0 Å². The Kier molecular flexibility index (Phi) is 4.32. The summed E-state index contributed by atoms with van der Waals surface area (Å²) in [6.45, 7) is 1.24. The number of aliphatic hydroxyl groups excluding tert-OH is 1. The Morgan fingerprint density at radius 3 is 2.55 bits per heavy atom. The van der Waals surface area contributed by atoms with Crippen LogP contribution in [0.5, 0.6) is 0 Å². The van der Waals surface area contributed by atoms with Gasteiger partial charge in [0.2, 0.25) is 0 Å². The maximum Gasteiger partial charge on any atom is 0.268 e. The zero-order valence-corrected chi connectivity index (χ0v) is 11.1. The molecule has 0 spiro atoms. The third-order valence-corrected chi connectivity index (χ3v) is 3.02. The van der Waals surface area contributed by atoms with E-state index in [2.05, 4.69) is 10.3 Å². The van der Waals surface area contributed by atoms with Crippen molar-refractivity contribution in [1.29, 1.82) is 0 Å². The van der Waals surface area contributed by atoms with E-state index in [-0.39, 0.29) is 18.3 Å². The van der Waals surface area contributed by atoms with Crippen molar-refractivity contribution in [3.8, 4) is 0 Å². The van der Waals surface area contributed by atoms with Crippen LogP contribution in [0.25, 0.3) is 0 Å². The highest BCUT2D eigenvalue weighted by Gasteiger charge is 2.16. The third-order valence-electron chi connectivity index (χ3n) is 3.02. The van der Waals surface area contributed by atoms with Gasteiger partial charge in [-0.05, 0) is 18.6 Å². The van der Waals surface area contributed by atoms with Gasteiger partial charge < -0.3 is 15.4 Å². The van der Waals surface area contributed by atoms with E-state index in [9.17, 15) is 14.7 Å². The molecule has 1 atom stereocenters. The molecule has 1 amide bonds. The molecule has 5 nitrogen and oxygen atoms in total. The van der Waals surface area contributed by atoms with Crippen molar-refractivity contribution >= 4 is 11.7 Å². The molecule has 1 heterocycles. The van der Waals surface area contributed by atoms with Crippen LogP contribution in [0, 0.1) is 0 Å². The molecule has 2 rings (SSSR count). The number of ketones is 1. The number of aromatic nitrogens is 1.